The SMILES string of the molecule is CCNC(=NCCN1C(=O)C2C3C=CC(C3)C2C1=O)NC1CCC1.I. The summed E-state index contributed by atoms with van der Waals surface area (Å²) in [5.74, 6) is 1.20. The van der Waals surface area contributed by atoms with E-state index in [1.165, 1.54) is 24.2 Å². The minimum absolute atomic E-state index is 0. The maximum absolute atomic E-state index is 12.6. The van der Waals surface area contributed by atoms with Gasteiger partial charge in [0.15, 0.2) is 5.96 Å². The molecular weight excluding hydrogens is 431 g/mol. The summed E-state index contributed by atoms with van der Waals surface area (Å²) >= 11 is 0. The van der Waals surface area contributed by atoms with Crippen molar-refractivity contribution < 1.29 is 9.59 Å². The predicted octanol–water partition coefficient (Wildman–Crippen LogP) is 1.52. The number of aliphatic imine (C=N–C) groups is 1. The Kier molecular flexibility index (Phi) is 5.70. The zero-order valence-corrected chi connectivity index (χ0v) is 16.9. The van der Waals surface area contributed by atoms with Crippen molar-refractivity contribution in [1.29, 1.82) is 0 Å². The number of nitrogens with one attached hydrogen (secondary N) is 2. The number of nitrogens with zero attached hydrogens (tertiary/aromatic N) is 2. The van der Waals surface area contributed by atoms with E-state index in [2.05, 4.69) is 27.8 Å². The van der Waals surface area contributed by atoms with Gasteiger partial charge in [-0.2, -0.15) is 0 Å². The van der Waals surface area contributed by atoms with Crippen molar-refractivity contribution in [2.45, 2.75) is 38.6 Å². The Balaban J connectivity index is 0.00000182. The van der Waals surface area contributed by atoms with Crippen LogP contribution >= 0.6 is 24.0 Å². The Hall–Kier alpha value is -1.12. The summed E-state index contributed by atoms with van der Waals surface area (Å²) in [4.78, 5) is 31.2. The van der Waals surface area contributed by atoms with Gasteiger partial charge in [0.05, 0.1) is 18.4 Å². The molecule has 1 aliphatic heterocycles. The second kappa shape index (κ2) is 7.63. The zero-order valence-electron chi connectivity index (χ0n) is 14.6. The fourth-order valence-electron chi connectivity index (χ4n) is 4.51. The summed E-state index contributed by atoms with van der Waals surface area (Å²) in [7, 11) is 0. The highest BCUT2D eigenvalue weighted by atomic mass is 127. The summed E-state index contributed by atoms with van der Waals surface area (Å²) in [6.45, 7) is 3.70. The monoisotopic (exact) mass is 458 g/mol. The van der Waals surface area contributed by atoms with E-state index in [1.54, 1.807) is 0 Å². The van der Waals surface area contributed by atoms with Crippen LogP contribution in [-0.4, -0.2) is 48.3 Å². The van der Waals surface area contributed by atoms with Crippen molar-refractivity contribution in [3.63, 3.8) is 0 Å². The molecule has 0 spiro atoms. The van der Waals surface area contributed by atoms with Crippen molar-refractivity contribution in [2.75, 3.05) is 19.6 Å². The Morgan fingerprint density at radius 2 is 1.84 bits per heavy atom. The van der Waals surface area contributed by atoms with Gasteiger partial charge in [0.25, 0.3) is 0 Å². The lowest BCUT2D eigenvalue weighted by Gasteiger charge is -2.28. The fourth-order valence-corrected chi connectivity index (χ4v) is 4.51. The smallest absolute Gasteiger partial charge is 0.233 e. The zero-order chi connectivity index (χ0) is 16.7. The van der Waals surface area contributed by atoms with E-state index in [0.717, 1.165) is 18.9 Å². The predicted molar refractivity (Wildman–Crippen MR) is 107 cm³/mol. The Morgan fingerprint density at radius 1 is 1.20 bits per heavy atom. The van der Waals surface area contributed by atoms with Crippen LogP contribution in [0.5, 0.6) is 0 Å². The molecule has 3 aliphatic carbocycles. The first-order valence-corrected chi connectivity index (χ1v) is 9.27. The maximum Gasteiger partial charge on any atom is 0.233 e. The van der Waals surface area contributed by atoms with Crippen molar-refractivity contribution >= 4 is 41.8 Å². The molecule has 2 N–H and O–H groups in total. The van der Waals surface area contributed by atoms with Gasteiger partial charge >= 0.3 is 0 Å². The molecule has 4 rings (SSSR count). The van der Waals surface area contributed by atoms with Crippen LogP contribution in [0.25, 0.3) is 0 Å². The number of fused-ring (bicyclic) bond motifs is 5. The molecule has 1 heterocycles. The van der Waals surface area contributed by atoms with Gasteiger partial charge in [0.2, 0.25) is 11.8 Å². The molecule has 4 unspecified atom stereocenters. The van der Waals surface area contributed by atoms with Gasteiger partial charge in [0.1, 0.15) is 0 Å². The molecule has 3 fully saturated rings. The summed E-state index contributed by atoms with van der Waals surface area (Å²) in [5.41, 5.74) is 0. The number of carbonyl (C=O) groups is 2. The molecule has 7 heteroatoms. The molecule has 25 heavy (non-hydrogen) atoms. The number of hydrogen-bond donors (Lipinski definition) is 2. The molecule has 0 aromatic rings. The highest BCUT2D eigenvalue weighted by Gasteiger charge is 2.58. The van der Waals surface area contributed by atoms with Crippen LogP contribution in [0.4, 0.5) is 0 Å². The number of amides is 2. The van der Waals surface area contributed by atoms with Crippen LogP contribution in [0.15, 0.2) is 17.1 Å². The standard InChI is InChI=1S/C18H26N4O2.HI/c1-2-19-18(21-13-4-3-5-13)20-8-9-22-16(23)14-11-6-7-12(10-11)15(14)17(22)24;/h6-7,11-15H,2-5,8-10H2,1H3,(H2,19,20,21);1H. The highest BCUT2D eigenvalue weighted by molar-refractivity contribution is 14.0. The molecule has 6 nitrogen and oxygen atoms in total. The topological polar surface area (TPSA) is 73.8 Å². The molecule has 2 bridgehead atoms. The van der Waals surface area contributed by atoms with Gasteiger partial charge in [-0.15, -0.1) is 24.0 Å². The van der Waals surface area contributed by atoms with Gasteiger partial charge in [-0.05, 0) is 44.4 Å². The van der Waals surface area contributed by atoms with Gasteiger partial charge in [0, 0.05) is 19.1 Å². The number of likely N-dealkylation sites (tertiary alicyclic amines) is 1. The van der Waals surface area contributed by atoms with Crippen molar-refractivity contribution in [3.05, 3.63) is 12.2 Å². The van der Waals surface area contributed by atoms with Gasteiger partial charge < -0.3 is 10.6 Å². The largest absolute Gasteiger partial charge is 0.357 e. The van der Waals surface area contributed by atoms with Crippen molar-refractivity contribution in [2.24, 2.45) is 28.7 Å². The number of halogens is 1. The average Bonchev–Trinajstić information content (AvgIpc) is 3.19. The van der Waals surface area contributed by atoms with Crippen molar-refractivity contribution in [1.82, 2.24) is 15.5 Å². The normalized spacial score (nSPS) is 33.3. The number of rotatable bonds is 5. The van der Waals surface area contributed by atoms with Crippen LogP contribution < -0.4 is 10.6 Å². The van der Waals surface area contributed by atoms with Crippen LogP contribution in [0.2, 0.25) is 0 Å². The second-order valence-corrected chi connectivity index (χ2v) is 7.36. The van der Waals surface area contributed by atoms with Gasteiger partial charge in [-0.3, -0.25) is 19.5 Å². The molecule has 138 valence electrons. The maximum atomic E-state index is 12.6. The molecule has 2 saturated carbocycles. The fraction of sp³-hybridized carbons (Fsp3) is 0.722. The van der Waals surface area contributed by atoms with Gasteiger partial charge in [-0.1, -0.05) is 12.2 Å². The van der Waals surface area contributed by atoms with E-state index >= 15 is 0 Å². The third-order valence-electron chi connectivity index (χ3n) is 5.95. The van der Waals surface area contributed by atoms with E-state index in [-0.39, 0.29) is 59.5 Å². The van der Waals surface area contributed by atoms with Crippen LogP contribution in [0.1, 0.15) is 32.6 Å². The average molecular weight is 458 g/mol. The molecule has 0 radical (unpaired) electrons. The van der Waals surface area contributed by atoms with Crippen LogP contribution in [0.3, 0.4) is 0 Å². The Bertz CT molecular complexity index is 572. The number of imide groups is 1. The van der Waals surface area contributed by atoms with E-state index < -0.39 is 0 Å². The molecular formula is C18H27IN4O2. The molecule has 2 amide bonds. The molecule has 4 aliphatic rings. The first-order chi connectivity index (χ1) is 11.7. The van der Waals surface area contributed by atoms with E-state index in [4.69, 9.17) is 0 Å². The summed E-state index contributed by atoms with van der Waals surface area (Å²) in [6.07, 6.45) is 8.88. The third-order valence-corrected chi connectivity index (χ3v) is 5.95. The number of guanidine groups is 1. The van der Waals surface area contributed by atoms with E-state index in [9.17, 15) is 9.59 Å². The lowest BCUT2D eigenvalue weighted by molar-refractivity contribution is -0.140. The molecule has 4 atom stereocenters. The molecule has 1 saturated heterocycles. The first-order valence-electron chi connectivity index (χ1n) is 9.27. The van der Waals surface area contributed by atoms with E-state index in [0.29, 0.717) is 19.1 Å². The summed E-state index contributed by atoms with van der Waals surface area (Å²) in [5, 5.41) is 6.64. The van der Waals surface area contributed by atoms with Crippen molar-refractivity contribution in [3.8, 4) is 0 Å². The van der Waals surface area contributed by atoms with E-state index in [1.807, 2.05) is 6.92 Å². The second-order valence-electron chi connectivity index (χ2n) is 7.36. The lowest BCUT2D eigenvalue weighted by Crippen LogP contribution is -2.46. The minimum Gasteiger partial charge on any atom is -0.357 e. The third kappa shape index (κ3) is 3.31. The Labute approximate surface area is 165 Å². The highest BCUT2D eigenvalue weighted by Crippen LogP contribution is 2.52. The van der Waals surface area contributed by atoms with Crippen LogP contribution in [0, 0.1) is 23.7 Å². The molecule has 0 aromatic heterocycles. The Morgan fingerprint density at radius 3 is 2.36 bits per heavy atom. The van der Waals surface area contributed by atoms with Gasteiger partial charge in [-0.25, -0.2) is 0 Å². The summed E-state index contributed by atoms with van der Waals surface area (Å²) < 4.78 is 0. The lowest BCUT2D eigenvalue weighted by atomic mass is 9.85. The summed E-state index contributed by atoms with van der Waals surface area (Å²) in [6, 6.07) is 0.513. The minimum atomic E-state index is -0.0992. The molecule has 0 aromatic carbocycles. The number of hydrogen-bond acceptors (Lipinski definition) is 3. The quantitative estimate of drug-likeness (QED) is 0.216. The van der Waals surface area contributed by atoms with Crippen LogP contribution in [-0.2, 0) is 9.59 Å². The number of carbonyl (C=O) groups excluding carboxylic acids is 2. The first kappa shape index (κ1) is 18.7. The number of allylic oxidation sites excluding steroid dienone is 2.